The molecule has 1 aromatic heterocycles. The van der Waals surface area contributed by atoms with Gasteiger partial charge in [0.1, 0.15) is 6.04 Å². The highest BCUT2D eigenvalue weighted by atomic mass is 16.5. The second kappa shape index (κ2) is 7.68. The number of likely N-dealkylation sites (tertiary alicyclic amines) is 1. The first-order valence-electron chi connectivity index (χ1n) is 9.67. The summed E-state index contributed by atoms with van der Waals surface area (Å²) in [7, 11) is 0. The first-order chi connectivity index (χ1) is 13.2. The number of nitrogens with zero attached hydrogens (tertiary/aromatic N) is 3. The van der Waals surface area contributed by atoms with E-state index >= 15 is 0 Å². The fraction of sp³-hybridized carbons (Fsp3) is 0.550. The van der Waals surface area contributed by atoms with E-state index in [1.165, 1.54) is 6.42 Å². The van der Waals surface area contributed by atoms with Crippen molar-refractivity contribution in [2.45, 2.75) is 38.6 Å². The Morgan fingerprint density at radius 2 is 2.00 bits per heavy atom. The van der Waals surface area contributed by atoms with Gasteiger partial charge in [-0.25, -0.2) is 4.79 Å². The molecule has 2 fully saturated rings. The fourth-order valence-electron chi connectivity index (χ4n) is 4.05. The third kappa shape index (κ3) is 3.98. The van der Waals surface area contributed by atoms with Gasteiger partial charge in [0.25, 0.3) is 0 Å². The quantitative estimate of drug-likeness (QED) is 0.896. The Bertz CT molecular complexity index is 765. The highest BCUT2D eigenvalue weighted by Crippen LogP contribution is 2.39. The lowest BCUT2D eigenvalue weighted by Gasteiger charge is -2.45. The minimum absolute atomic E-state index is 0.0625. The smallest absolute Gasteiger partial charge is 0.318 e. The predicted molar refractivity (Wildman–Crippen MR) is 100.0 cm³/mol. The van der Waals surface area contributed by atoms with Gasteiger partial charge >= 0.3 is 6.03 Å². The van der Waals surface area contributed by atoms with E-state index in [9.17, 15) is 4.79 Å². The lowest BCUT2D eigenvalue weighted by molar-refractivity contribution is -0.0188. The number of amides is 2. The molecule has 2 aliphatic heterocycles. The van der Waals surface area contributed by atoms with E-state index in [0.29, 0.717) is 11.7 Å². The molecular formula is C20H26N4O3. The molecule has 1 unspecified atom stereocenters. The van der Waals surface area contributed by atoms with E-state index < -0.39 is 0 Å². The number of carbonyl (C=O) groups is 1. The topological polar surface area (TPSA) is 80.5 Å². The zero-order valence-electron chi connectivity index (χ0n) is 15.7. The maximum absolute atomic E-state index is 12.8. The van der Waals surface area contributed by atoms with E-state index in [-0.39, 0.29) is 17.5 Å². The summed E-state index contributed by atoms with van der Waals surface area (Å²) in [6.45, 7) is 5.06. The lowest BCUT2D eigenvalue weighted by Crippen LogP contribution is -2.51. The molecule has 2 aromatic rings. The molecule has 0 radical (unpaired) electrons. The number of nitrogens with one attached hydrogen (secondary N) is 1. The average Bonchev–Trinajstić information content (AvgIpc) is 3.20. The van der Waals surface area contributed by atoms with Crippen molar-refractivity contribution < 1.29 is 14.1 Å². The highest BCUT2D eigenvalue weighted by molar-refractivity contribution is 5.74. The molecule has 2 saturated heterocycles. The van der Waals surface area contributed by atoms with Crippen LogP contribution in [0.1, 0.15) is 44.5 Å². The van der Waals surface area contributed by atoms with Gasteiger partial charge in [-0.05, 0) is 38.0 Å². The van der Waals surface area contributed by atoms with Gasteiger partial charge in [-0.2, -0.15) is 4.98 Å². The van der Waals surface area contributed by atoms with Crippen molar-refractivity contribution in [3.63, 3.8) is 0 Å². The summed E-state index contributed by atoms with van der Waals surface area (Å²) in [4.78, 5) is 19.1. The Hall–Kier alpha value is -2.41. The first-order valence-corrected chi connectivity index (χ1v) is 9.67. The van der Waals surface area contributed by atoms with Gasteiger partial charge in [0.05, 0.1) is 0 Å². The molecule has 0 saturated carbocycles. The van der Waals surface area contributed by atoms with Crippen LogP contribution < -0.4 is 5.32 Å². The molecule has 7 nitrogen and oxygen atoms in total. The van der Waals surface area contributed by atoms with Crippen LogP contribution >= 0.6 is 0 Å². The van der Waals surface area contributed by atoms with Crippen molar-refractivity contribution in [2.75, 3.05) is 26.3 Å². The summed E-state index contributed by atoms with van der Waals surface area (Å²) in [5.41, 5.74) is 1.12. The molecule has 1 spiro atoms. The third-order valence-corrected chi connectivity index (χ3v) is 5.69. The Labute approximate surface area is 159 Å². The monoisotopic (exact) mass is 370 g/mol. The van der Waals surface area contributed by atoms with E-state index in [4.69, 9.17) is 9.26 Å². The molecule has 7 heteroatoms. The number of rotatable bonds is 3. The van der Waals surface area contributed by atoms with Crippen LogP contribution in [0.3, 0.4) is 0 Å². The second-order valence-electron chi connectivity index (χ2n) is 7.63. The van der Waals surface area contributed by atoms with E-state index in [2.05, 4.69) is 15.5 Å². The van der Waals surface area contributed by atoms with Gasteiger partial charge in [0.15, 0.2) is 0 Å². The van der Waals surface area contributed by atoms with Crippen LogP contribution in [-0.2, 0) is 4.74 Å². The molecule has 0 bridgehead atoms. The number of carbonyl (C=O) groups excluding carboxylic acids is 1. The number of urea groups is 1. The first kappa shape index (κ1) is 18.0. The number of aromatic nitrogens is 2. The van der Waals surface area contributed by atoms with Gasteiger partial charge in [-0.15, -0.1) is 0 Å². The average molecular weight is 370 g/mol. The zero-order chi connectivity index (χ0) is 18.7. The molecule has 2 aliphatic rings. The Balaban J connectivity index is 1.38. The minimum Gasteiger partial charge on any atom is -0.381 e. The van der Waals surface area contributed by atoms with Gasteiger partial charge in [0, 0.05) is 31.9 Å². The highest BCUT2D eigenvalue weighted by Gasteiger charge is 2.38. The van der Waals surface area contributed by atoms with Crippen molar-refractivity contribution in [1.82, 2.24) is 20.4 Å². The van der Waals surface area contributed by atoms with Crippen molar-refractivity contribution >= 4 is 6.03 Å². The lowest BCUT2D eigenvalue weighted by atomic mass is 9.74. The molecule has 1 atom stereocenters. The summed E-state index contributed by atoms with van der Waals surface area (Å²) in [5.74, 6) is 0.950. The minimum atomic E-state index is -0.338. The van der Waals surface area contributed by atoms with Crippen molar-refractivity contribution in [2.24, 2.45) is 5.41 Å². The Morgan fingerprint density at radius 1 is 1.22 bits per heavy atom. The molecule has 144 valence electrons. The summed E-state index contributed by atoms with van der Waals surface area (Å²) in [6, 6.07) is 9.26. The summed E-state index contributed by atoms with van der Waals surface area (Å²) >= 11 is 0. The van der Waals surface area contributed by atoms with E-state index in [1.54, 1.807) is 0 Å². The molecule has 27 heavy (non-hydrogen) atoms. The van der Waals surface area contributed by atoms with Gasteiger partial charge < -0.3 is 19.5 Å². The van der Waals surface area contributed by atoms with Crippen molar-refractivity contribution in [1.29, 1.82) is 0 Å². The Kier molecular flexibility index (Phi) is 5.11. The van der Waals surface area contributed by atoms with Gasteiger partial charge in [-0.1, -0.05) is 35.5 Å². The van der Waals surface area contributed by atoms with E-state index in [0.717, 1.165) is 51.1 Å². The standard InChI is InChI=1S/C20H26N4O3/c1-15(18-22-17(23-27-18)16-6-3-2-4-7-16)21-19(25)24-11-5-8-20(14-24)9-12-26-13-10-20/h2-4,6-7,15H,5,8-14H2,1H3,(H,21,25). The predicted octanol–water partition coefficient (Wildman–Crippen LogP) is 3.40. The number of piperidine rings is 1. The summed E-state index contributed by atoms with van der Waals surface area (Å²) < 4.78 is 10.9. The van der Waals surface area contributed by atoms with Crippen LogP contribution in [-0.4, -0.2) is 47.4 Å². The van der Waals surface area contributed by atoms with Crippen LogP contribution in [0.15, 0.2) is 34.9 Å². The maximum atomic E-state index is 12.8. The molecule has 4 rings (SSSR count). The second-order valence-corrected chi connectivity index (χ2v) is 7.63. The largest absolute Gasteiger partial charge is 0.381 e. The summed E-state index contributed by atoms with van der Waals surface area (Å²) in [6.07, 6.45) is 4.30. The fourth-order valence-corrected chi connectivity index (χ4v) is 4.05. The van der Waals surface area contributed by atoms with Crippen LogP contribution in [0.5, 0.6) is 0 Å². The molecule has 2 amide bonds. The van der Waals surface area contributed by atoms with Gasteiger partial charge in [0.2, 0.25) is 11.7 Å². The maximum Gasteiger partial charge on any atom is 0.318 e. The molecule has 1 N–H and O–H groups in total. The Morgan fingerprint density at radius 3 is 2.78 bits per heavy atom. The molecular weight excluding hydrogens is 344 g/mol. The van der Waals surface area contributed by atoms with Gasteiger partial charge in [-0.3, -0.25) is 0 Å². The van der Waals surface area contributed by atoms with Crippen molar-refractivity contribution in [3.8, 4) is 11.4 Å². The number of hydrogen-bond acceptors (Lipinski definition) is 5. The van der Waals surface area contributed by atoms with Crippen molar-refractivity contribution in [3.05, 3.63) is 36.2 Å². The number of ether oxygens (including phenoxy) is 1. The zero-order valence-corrected chi connectivity index (χ0v) is 15.7. The van der Waals surface area contributed by atoms with Crippen LogP contribution in [0.2, 0.25) is 0 Å². The number of hydrogen-bond donors (Lipinski definition) is 1. The van der Waals surface area contributed by atoms with Crippen LogP contribution in [0.25, 0.3) is 11.4 Å². The number of benzene rings is 1. The normalized spacial score (nSPS) is 20.4. The molecule has 3 heterocycles. The van der Waals surface area contributed by atoms with Crippen LogP contribution in [0.4, 0.5) is 4.79 Å². The molecule has 1 aromatic carbocycles. The third-order valence-electron chi connectivity index (χ3n) is 5.69. The SMILES string of the molecule is CC(NC(=O)N1CCCC2(CCOCC2)C1)c1nc(-c2ccccc2)no1. The summed E-state index contributed by atoms with van der Waals surface area (Å²) in [5, 5.41) is 7.04. The van der Waals surface area contributed by atoms with Crippen LogP contribution in [0, 0.1) is 5.41 Å². The molecule has 0 aliphatic carbocycles. The van der Waals surface area contributed by atoms with E-state index in [1.807, 2.05) is 42.2 Å².